The van der Waals surface area contributed by atoms with Gasteiger partial charge in [0.05, 0.1) is 18.2 Å². The monoisotopic (exact) mass is 463 g/mol. The highest BCUT2D eigenvalue weighted by atomic mass is 19.4. The molecule has 7 nitrogen and oxygen atoms in total. The molecule has 2 aromatic rings. The maximum absolute atomic E-state index is 12.8. The predicted octanol–water partition coefficient (Wildman–Crippen LogP) is 2.70. The number of hydrogen-bond acceptors (Lipinski definition) is 4. The third-order valence-electron chi connectivity index (χ3n) is 6.57. The molecule has 2 fully saturated rings. The number of aromatic nitrogens is 2. The summed E-state index contributed by atoms with van der Waals surface area (Å²) in [5.41, 5.74) is -1.03. The van der Waals surface area contributed by atoms with Crippen LogP contribution in [0.1, 0.15) is 53.3 Å². The lowest BCUT2D eigenvalue weighted by Crippen LogP contribution is -2.63. The Morgan fingerprint density at radius 2 is 1.88 bits per heavy atom. The number of nitrogens with zero attached hydrogens (tertiary/aromatic N) is 3. The van der Waals surface area contributed by atoms with E-state index < -0.39 is 17.6 Å². The van der Waals surface area contributed by atoms with Crippen molar-refractivity contribution in [1.82, 2.24) is 25.1 Å². The number of imidazole rings is 1. The number of amides is 2. The summed E-state index contributed by atoms with van der Waals surface area (Å²) >= 11 is 0. The highest BCUT2D eigenvalue weighted by molar-refractivity contribution is 5.96. The van der Waals surface area contributed by atoms with Gasteiger partial charge in [-0.1, -0.05) is 6.07 Å². The fourth-order valence-corrected chi connectivity index (χ4v) is 4.75. The van der Waals surface area contributed by atoms with Crippen LogP contribution in [0, 0.1) is 0 Å². The van der Waals surface area contributed by atoms with Gasteiger partial charge in [-0.25, -0.2) is 4.98 Å². The van der Waals surface area contributed by atoms with Crippen LogP contribution in [0.2, 0.25) is 0 Å². The van der Waals surface area contributed by atoms with E-state index in [1.54, 1.807) is 0 Å². The second kappa shape index (κ2) is 9.54. The van der Waals surface area contributed by atoms with Crippen LogP contribution in [0.25, 0.3) is 0 Å². The minimum atomic E-state index is -4.53. The number of carbonyl (C=O) groups is 2. The van der Waals surface area contributed by atoms with Crippen LogP contribution < -0.4 is 10.6 Å². The minimum Gasteiger partial charge on any atom is -0.349 e. The zero-order chi connectivity index (χ0) is 23.6. The van der Waals surface area contributed by atoms with Gasteiger partial charge >= 0.3 is 6.18 Å². The fraction of sp³-hybridized carbons (Fsp3) is 0.522. The average Bonchev–Trinajstić information content (AvgIpc) is 3.20. The van der Waals surface area contributed by atoms with Crippen LogP contribution in [-0.4, -0.2) is 58.0 Å². The molecule has 0 atom stereocenters. The summed E-state index contributed by atoms with van der Waals surface area (Å²) in [6.07, 6.45) is 3.70. The third-order valence-corrected chi connectivity index (χ3v) is 6.57. The Labute approximate surface area is 190 Å². The number of alkyl halides is 3. The zero-order valence-corrected chi connectivity index (χ0v) is 18.4. The zero-order valence-electron chi connectivity index (χ0n) is 18.4. The molecule has 2 aliphatic rings. The van der Waals surface area contributed by atoms with Crippen molar-refractivity contribution in [2.75, 3.05) is 19.6 Å². The molecule has 0 spiro atoms. The molecule has 1 aliphatic heterocycles. The first-order chi connectivity index (χ1) is 15.7. The van der Waals surface area contributed by atoms with E-state index in [0.717, 1.165) is 56.7 Å². The smallest absolute Gasteiger partial charge is 0.349 e. The van der Waals surface area contributed by atoms with Crippen molar-refractivity contribution in [2.45, 2.75) is 49.9 Å². The topological polar surface area (TPSA) is 79.3 Å². The standard InChI is InChI=1S/C23H28F3N5O2/c1-30-10-9-27-21(30)15-5-7-19(8-6-15)31-13-18(14-31)29-20(32)12-28-22(33)16-3-2-4-17(11-16)23(24,25)26/h2-4,9-11,15,18-19H,5-8,12-14H2,1H3,(H,28,33)(H,29,32). The number of carbonyl (C=O) groups excluding carboxylic acids is 2. The summed E-state index contributed by atoms with van der Waals surface area (Å²) in [7, 11) is 2.03. The normalized spacial score (nSPS) is 21.9. The van der Waals surface area contributed by atoms with Gasteiger partial charge < -0.3 is 15.2 Å². The van der Waals surface area contributed by atoms with E-state index >= 15 is 0 Å². The number of aryl methyl sites for hydroxylation is 1. The number of hydrogen-bond donors (Lipinski definition) is 2. The van der Waals surface area contributed by atoms with Crippen molar-refractivity contribution in [3.8, 4) is 0 Å². The van der Waals surface area contributed by atoms with Crippen LogP contribution >= 0.6 is 0 Å². The first kappa shape index (κ1) is 23.3. The number of nitrogens with one attached hydrogen (secondary N) is 2. The quantitative estimate of drug-likeness (QED) is 0.691. The molecule has 1 saturated heterocycles. The van der Waals surface area contributed by atoms with E-state index in [4.69, 9.17) is 0 Å². The first-order valence-corrected chi connectivity index (χ1v) is 11.2. The van der Waals surface area contributed by atoms with Gasteiger partial charge in [-0.05, 0) is 43.9 Å². The molecule has 0 unspecified atom stereocenters. The maximum atomic E-state index is 12.8. The Morgan fingerprint density at radius 1 is 1.15 bits per heavy atom. The van der Waals surface area contributed by atoms with Gasteiger partial charge in [0.25, 0.3) is 5.91 Å². The molecule has 2 N–H and O–H groups in total. The molecule has 1 saturated carbocycles. The number of benzene rings is 1. The van der Waals surface area contributed by atoms with Gasteiger partial charge in [-0.15, -0.1) is 0 Å². The summed E-state index contributed by atoms with van der Waals surface area (Å²) in [5, 5.41) is 5.27. The molecular formula is C23H28F3N5O2. The van der Waals surface area contributed by atoms with Crippen LogP contribution in [0.4, 0.5) is 13.2 Å². The summed E-state index contributed by atoms with van der Waals surface area (Å²) in [5.74, 6) is 0.585. The Kier molecular flexibility index (Phi) is 6.73. The van der Waals surface area contributed by atoms with Crippen LogP contribution in [0.5, 0.6) is 0 Å². The number of likely N-dealkylation sites (tertiary alicyclic amines) is 1. The molecule has 1 aromatic heterocycles. The second-order valence-corrected chi connectivity index (χ2v) is 8.88. The van der Waals surface area contributed by atoms with Crippen LogP contribution in [0.3, 0.4) is 0 Å². The Bertz CT molecular complexity index is 992. The van der Waals surface area contributed by atoms with E-state index in [9.17, 15) is 22.8 Å². The molecule has 4 rings (SSSR count). The number of rotatable bonds is 6. The summed E-state index contributed by atoms with van der Waals surface area (Å²) in [6, 6.07) is 4.67. The van der Waals surface area contributed by atoms with Crippen molar-refractivity contribution in [2.24, 2.45) is 7.05 Å². The van der Waals surface area contributed by atoms with Crippen molar-refractivity contribution < 1.29 is 22.8 Å². The van der Waals surface area contributed by atoms with Gasteiger partial charge in [0.1, 0.15) is 5.82 Å². The summed E-state index contributed by atoms with van der Waals surface area (Å²) < 4.78 is 40.5. The largest absolute Gasteiger partial charge is 0.416 e. The van der Waals surface area contributed by atoms with E-state index in [2.05, 4.69) is 25.1 Å². The van der Waals surface area contributed by atoms with Crippen molar-refractivity contribution in [1.29, 1.82) is 0 Å². The lowest BCUT2D eigenvalue weighted by atomic mass is 9.83. The molecule has 0 bridgehead atoms. The van der Waals surface area contributed by atoms with E-state index in [1.165, 1.54) is 12.1 Å². The van der Waals surface area contributed by atoms with Crippen molar-refractivity contribution in [3.05, 3.63) is 53.6 Å². The van der Waals surface area contributed by atoms with E-state index in [-0.39, 0.29) is 24.1 Å². The van der Waals surface area contributed by atoms with Gasteiger partial charge in [0, 0.05) is 50.1 Å². The molecule has 178 valence electrons. The molecule has 0 radical (unpaired) electrons. The average molecular weight is 464 g/mol. The first-order valence-electron chi connectivity index (χ1n) is 11.2. The molecule has 10 heteroatoms. The number of halogens is 3. The Morgan fingerprint density at radius 3 is 2.52 bits per heavy atom. The third kappa shape index (κ3) is 5.55. The summed E-state index contributed by atoms with van der Waals surface area (Å²) in [6.45, 7) is 1.26. The van der Waals surface area contributed by atoms with Gasteiger partial charge in [-0.3, -0.25) is 14.5 Å². The van der Waals surface area contributed by atoms with Gasteiger partial charge in [0.2, 0.25) is 5.91 Å². The Hall–Kier alpha value is -2.88. The fourth-order valence-electron chi connectivity index (χ4n) is 4.75. The van der Waals surface area contributed by atoms with Gasteiger partial charge in [0.15, 0.2) is 0 Å². The van der Waals surface area contributed by atoms with Crippen molar-refractivity contribution in [3.63, 3.8) is 0 Å². The predicted molar refractivity (Wildman–Crippen MR) is 115 cm³/mol. The molecule has 2 heterocycles. The molecule has 1 aromatic carbocycles. The highest BCUT2D eigenvalue weighted by Crippen LogP contribution is 2.35. The minimum absolute atomic E-state index is 0.0234. The van der Waals surface area contributed by atoms with Gasteiger partial charge in [-0.2, -0.15) is 13.2 Å². The Balaban J connectivity index is 1.16. The molecular weight excluding hydrogens is 435 g/mol. The molecule has 2 amide bonds. The van der Waals surface area contributed by atoms with Crippen LogP contribution in [0.15, 0.2) is 36.7 Å². The summed E-state index contributed by atoms with van der Waals surface area (Å²) in [4.78, 5) is 31.1. The van der Waals surface area contributed by atoms with E-state index in [0.29, 0.717) is 12.0 Å². The lowest BCUT2D eigenvalue weighted by molar-refractivity contribution is -0.137. The van der Waals surface area contributed by atoms with E-state index in [1.807, 2.05) is 19.4 Å². The molecule has 33 heavy (non-hydrogen) atoms. The highest BCUT2D eigenvalue weighted by Gasteiger charge is 2.36. The second-order valence-electron chi connectivity index (χ2n) is 8.88. The van der Waals surface area contributed by atoms with Crippen LogP contribution in [-0.2, 0) is 18.0 Å². The SMILES string of the molecule is Cn1ccnc1C1CCC(N2CC(NC(=O)CNC(=O)c3cccc(C(F)(F)F)c3)C2)CC1. The molecule has 1 aliphatic carbocycles. The lowest BCUT2D eigenvalue weighted by Gasteiger charge is -2.46. The van der Waals surface area contributed by atoms with Crippen molar-refractivity contribution >= 4 is 11.8 Å². The maximum Gasteiger partial charge on any atom is 0.416 e.